The van der Waals surface area contributed by atoms with E-state index in [0.29, 0.717) is 18.7 Å². The zero-order valence-corrected chi connectivity index (χ0v) is 18.9. The smallest absolute Gasteiger partial charge is 0.338 e. The van der Waals surface area contributed by atoms with Crippen molar-refractivity contribution in [3.63, 3.8) is 0 Å². The van der Waals surface area contributed by atoms with Crippen LogP contribution in [0.2, 0.25) is 0 Å². The minimum Gasteiger partial charge on any atom is -0.497 e. The van der Waals surface area contributed by atoms with Crippen molar-refractivity contribution in [3.05, 3.63) is 65.2 Å². The van der Waals surface area contributed by atoms with Crippen LogP contribution in [0, 0.1) is 0 Å². The number of rotatable bonds is 8. The number of benzene rings is 2. The van der Waals surface area contributed by atoms with Gasteiger partial charge in [0.15, 0.2) is 5.96 Å². The molecule has 0 saturated heterocycles. The van der Waals surface area contributed by atoms with Crippen molar-refractivity contribution in [2.75, 3.05) is 27.3 Å². The quantitative estimate of drug-likeness (QED) is 0.253. The average Bonchev–Trinajstić information content (AvgIpc) is 2.71. The Bertz CT molecular complexity index is 746. The first kappa shape index (κ1) is 23.7. The summed E-state index contributed by atoms with van der Waals surface area (Å²) >= 11 is 0. The van der Waals surface area contributed by atoms with Gasteiger partial charge in [0.1, 0.15) is 5.75 Å². The zero-order valence-electron chi connectivity index (χ0n) is 16.5. The summed E-state index contributed by atoms with van der Waals surface area (Å²) < 4.78 is 10.2. The molecule has 28 heavy (non-hydrogen) atoms. The highest BCUT2D eigenvalue weighted by molar-refractivity contribution is 14.0. The van der Waals surface area contributed by atoms with Crippen LogP contribution < -0.4 is 15.4 Å². The van der Waals surface area contributed by atoms with E-state index < -0.39 is 0 Å². The number of hydrogen-bond acceptors (Lipinski definition) is 4. The Morgan fingerprint density at radius 1 is 1.00 bits per heavy atom. The molecule has 152 valence electrons. The Morgan fingerprint density at radius 2 is 1.64 bits per heavy atom. The minimum absolute atomic E-state index is 0. The van der Waals surface area contributed by atoms with Gasteiger partial charge in [-0.2, -0.15) is 0 Å². The lowest BCUT2D eigenvalue weighted by Gasteiger charge is -2.12. The highest BCUT2D eigenvalue weighted by Gasteiger charge is 2.06. The molecule has 2 aromatic carbocycles. The maximum atomic E-state index is 11.7. The maximum absolute atomic E-state index is 11.7. The predicted molar refractivity (Wildman–Crippen MR) is 123 cm³/mol. The lowest BCUT2D eigenvalue weighted by Crippen LogP contribution is -2.37. The Labute approximate surface area is 183 Å². The van der Waals surface area contributed by atoms with Crippen molar-refractivity contribution < 1.29 is 14.3 Å². The first-order valence-corrected chi connectivity index (χ1v) is 8.99. The second kappa shape index (κ2) is 13.0. The Morgan fingerprint density at radius 3 is 2.21 bits per heavy atom. The van der Waals surface area contributed by atoms with Crippen molar-refractivity contribution in [2.45, 2.75) is 19.9 Å². The number of nitrogens with one attached hydrogen (secondary N) is 2. The number of nitrogens with zero attached hydrogens (tertiary/aromatic N) is 1. The summed E-state index contributed by atoms with van der Waals surface area (Å²) in [5.74, 6) is 1.30. The average molecular weight is 497 g/mol. The number of hydrogen-bond donors (Lipinski definition) is 2. The number of carbonyl (C=O) groups excluding carboxylic acids is 1. The fourth-order valence-corrected chi connectivity index (χ4v) is 2.50. The molecule has 0 radical (unpaired) electrons. The second-order valence-electron chi connectivity index (χ2n) is 5.87. The van der Waals surface area contributed by atoms with Crippen molar-refractivity contribution in [1.29, 1.82) is 0 Å². The van der Waals surface area contributed by atoms with E-state index >= 15 is 0 Å². The van der Waals surface area contributed by atoms with Crippen LogP contribution in [0.15, 0.2) is 53.5 Å². The van der Waals surface area contributed by atoms with Gasteiger partial charge in [-0.3, -0.25) is 4.99 Å². The van der Waals surface area contributed by atoms with Gasteiger partial charge in [0, 0.05) is 20.1 Å². The number of ether oxygens (including phenoxy) is 2. The highest BCUT2D eigenvalue weighted by atomic mass is 127. The van der Waals surface area contributed by atoms with Gasteiger partial charge in [-0.25, -0.2) is 4.79 Å². The lowest BCUT2D eigenvalue weighted by atomic mass is 10.1. The molecule has 0 spiro atoms. The van der Waals surface area contributed by atoms with E-state index in [1.807, 2.05) is 24.3 Å². The predicted octanol–water partition coefficient (Wildman–Crippen LogP) is 3.40. The fourth-order valence-electron chi connectivity index (χ4n) is 2.50. The molecule has 0 amide bonds. The van der Waals surface area contributed by atoms with E-state index in [4.69, 9.17) is 9.47 Å². The molecule has 6 nitrogen and oxygen atoms in total. The Hall–Kier alpha value is -2.29. The van der Waals surface area contributed by atoms with Crippen LogP contribution in [0.1, 0.15) is 28.4 Å². The van der Waals surface area contributed by atoms with Gasteiger partial charge >= 0.3 is 5.97 Å². The molecule has 0 aliphatic rings. The van der Waals surface area contributed by atoms with E-state index in [1.54, 1.807) is 33.2 Å². The first-order chi connectivity index (χ1) is 13.2. The van der Waals surface area contributed by atoms with Crippen molar-refractivity contribution in [2.24, 2.45) is 4.99 Å². The molecule has 0 unspecified atom stereocenters. The third-order valence-corrected chi connectivity index (χ3v) is 4.01. The molecule has 2 aromatic rings. The van der Waals surface area contributed by atoms with E-state index in [9.17, 15) is 4.79 Å². The number of halogens is 1. The van der Waals surface area contributed by atoms with E-state index in [0.717, 1.165) is 30.2 Å². The molecular weight excluding hydrogens is 469 g/mol. The standard InChI is InChI=1S/C21H27N3O3.HI/c1-4-27-20(25)18-9-5-17(6-10-18)15-24-21(22-2)23-14-13-16-7-11-19(26-3)12-8-16;/h5-12H,4,13-15H2,1-3H3,(H2,22,23,24);1H. The molecule has 0 atom stereocenters. The van der Waals surface area contributed by atoms with Crippen LogP contribution in [0.25, 0.3) is 0 Å². The summed E-state index contributed by atoms with van der Waals surface area (Å²) in [5.41, 5.74) is 2.84. The number of carbonyl (C=O) groups is 1. The van der Waals surface area contributed by atoms with Crippen LogP contribution in [-0.2, 0) is 17.7 Å². The Kier molecular flexibility index (Phi) is 11.0. The first-order valence-electron chi connectivity index (χ1n) is 8.99. The molecule has 0 aromatic heterocycles. The summed E-state index contributed by atoms with van der Waals surface area (Å²) in [7, 11) is 3.41. The molecule has 2 rings (SSSR count). The zero-order chi connectivity index (χ0) is 19.5. The second-order valence-corrected chi connectivity index (χ2v) is 5.87. The third-order valence-electron chi connectivity index (χ3n) is 4.01. The van der Waals surface area contributed by atoms with Crippen molar-refractivity contribution in [1.82, 2.24) is 10.6 Å². The van der Waals surface area contributed by atoms with Gasteiger partial charge in [-0.05, 0) is 48.7 Å². The number of aliphatic imine (C=N–C) groups is 1. The van der Waals surface area contributed by atoms with Crippen molar-refractivity contribution >= 4 is 35.9 Å². The number of guanidine groups is 1. The molecular formula is C21H28IN3O3. The van der Waals surface area contributed by atoms with Crippen LogP contribution >= 0.6 is 24.0 Å². The van der Waals surface area contributed by atoms with E-state index in [1.165, 1.54) is 5.56 Å². The van der Waals surface area contributed by atoms with Crippen LogP contribution in [0.3, 0.4) is 0 Å². The topological polar surface area (TPSA) is 72.0 Å². The summed E-state index contributed by atoms with van der Waals surface area (Å²) in [4.78, 5) is 15.9. The van der Waals surface area contributed by atoms with E-state index in [2.05, 4.69) is 27.8 Å². The SMILES string of the molecule is CCOC(=O)c1ccc(CNC(=NC)NCCc2ccc(OC)cc2)cc1.I. The summed E-state index contributed by atoms with van der Waals surface area (Å²) in [5, 5.41) is 6.56. The van der Waals surface area contributed by atoms with Crippen LogP contribution in [-0.4, -0.2) is 39.2 Å². The minimum atomic E-state index is -0.298. The molecule has 0 fully saturated rings. The van der Waals surface area contributed by atoms with Gasteiger partial charge < -0.3 is 20.1 Å². The lowest BCUT2D eigenvalue weighted by molar-refractivity contribution is 0.0526. The van der Waals surface area contributed by atoms with Crippen LogP contribution in [0.5, 0.6) is 5.75 Å². The van der Waals surface area contributed by atoms with Crippen LogP contribution in [0.4, 0.5) is 0 Å². The number of methoxy groups -OCH3 is 1. The van der Waals surface area contributed by atoms with Gasteiger partial charge in [0.25, 0.3) is 0 Å². The van der Waals surface area contributed by atoms with Gasteiger partial charge in [-0.15, -0.1) is 24.0 Å². The number of esters is 1. The third kappa shape index (κ3) is 7.75. The summed E-state index contributed by atoms with van der Waals surface area (Å²) in [6.07, 6.45) is 0.888. The summed E-state index contributed by atoms with van der Waals surface area (Å²) in [6.45, 7) is 3.56. The maximum Gasteiger partial charge on any atom is 0.338 e. The van der Waals surface area contributed by atoms with E-state index in [-0.39, 0.29) is 29.9 Å². The largest absolute Gasteiger partial charge is 0.497 e. The fraction of sp³-hybridized carbons (Fsp3) is 0.333. The molecule has 0 aliphatic heterocycles. The molecule has 7 heteroatoms. The van der Waals surface area contributed by atoms with Gasteiger partial charge in [0.05, 0.1) is 19.3 Å². The highest BCUT2D eigenvalue weighted by Crippen LogP contribution is 2.11. The molecule has 0 saturated carbocycles. The van der Waals surface area contributed by atoms with Gasteiger partial charge in [0.2, 0.25) is 0 Å². The summed E-state index contributed by atoms with van der Waals surface area (Å²) in [6, 6.07) is 15.4. The monoisotopic (exact) mass is 497 g/mol. The molecule has 0 bridgehead atoms. The molecule has 2 N–H and O–H groups in total. The Balaban J connectivity index is 0.00000392. The van der Waals surface area contributed by atoms with Crippen molar-refractivity contribution in [3.8, 4) is 5.75 Å². The molecule has 0 heterocycles. The van der Waals surface area contributed by atoms with Gasteiger partial charge in [-0.1, -0.05) is 24.3 Å². The normalized spacial score (nSPS) is 10.6. The molecule has 0 aliphatic carbocycles.